The van der Waals surface area contributed by atoms with Crippen LogP contribution in [0.1, 0.15) is 18.9 Å². The number of rotatable bonds is 3. The highest BCUT2D eigenvalue weighted by Gasteiger charge is 2.21. The summed E-state index contributed by atoms with van der Waals surface area (Å²) in [6.07, 6.45) is 5.77. The molecule has 0 atom stereocenters. The smallest absolute Gasteiger partial charge is 0.294 e. The molecule has 1 aliphatic heterocycles. The Hall–Kier alpha value is -3.18. The quantitative estimate of drug-likeness (QED) is 0.689. The van der Waals surface area contributed by atoms with E-state index in [2.05, 4.69) is 37.2 Å². The lowest BCUT2D eigenvalue weighted by molar-refractivity contribution is 0.579. The second-order valence-corrected chi connectivity index (χ2v) is 6.32. The van der Waals surface area contributed by atoms with E-state index in [4.69, 9.17) is 0 Å². The maximum absolute atomic E-state index is 13.1. The molecule has 0 aromatic carbocycles. The zero-order valence-corrected chi connectivity index (χ0v) is 15.2. The second-order valence-electron chi connectivity index (χ2n) is 6.32. The maximum atomic E-state index is 13.1. The molecule has 3 aromatic rings. The molecule has 27 heavy (non-hydrogen) atoms. The van der Waals surface area contributed by atoms with Crippen molar-refractivity contribution in [2.75, 3.05) is 31.1 Å². The largest absolute Gasteiger partial charge is 0.339 e. The number of fused-ring (bicyclic) bond motifs is 1. The zero-order chi connectivity index (χ0) is 18.6. The monoisotopic (exact) mass is 363 g/mol. The van der Waals surface area contributed by atoms with Crippen LogP contribution in [0.4, 0.5) is 5.95 Å². The van der Waals surface area contributed by atoms with E-state index in [0.29, 0.717) is 29.9 Å². The minimum absolute atomic E-state index is 0.191. The van der Waals surface area contributed by atoms with Gasteiger partial charge in [-0.2, -0.15) is 5.10 Å². The van der Waals surface area contributed by atoms with Gasteiger partial charge in [-0.25, -0.2) is 14.2 Å². The van der Waals surface area contributed by atoms with E-state index in [0.717, 1.165) is 31.7 Å². The van der Waals surface area contributed by atoms with Crippen molar-refractivity contribution >= 4 is 17.0 Å². The molecule has 0 unspecified atom stereocenters. The molecule has 1 saturated heterocycles. The summed E-state index contributed by atoms with van der Waals surface area (Å²) in [5.74, 6) is 3.79. The van der Waals surface area contributed by atoms with Gasteiger partial charge in [-0.15, -0.1) is 0 Å². The van der Waals surface area contributed by atoms with E-state index in [1.165, 1.54) is 4.68 Å². The van der Waals surface area contributed by atoms with Crippen molar-refractivity contribution in [2.45, 2.75) is 19.9 Å². The minimum atomic E-state index is -0.191. The summed E-state index contributed by atoms with van der Waals surface area (Å²) >= 11 is 0. The van der Waals surface area contributed by atoms with Crippen LogP contribution in [-0.4, -0.2) is 50.5 Å². The van der Waals surface area contributed by atoms with E-state index >= 15 is 0 Å². The first-order valence-electron chi connectivity index (χ1n) is 9.10. The standard InChI is InChI=1S/C19H21N7O/c1-2-3-10-25-17-16(23-19(25)24-11-8-21-9-12-24)13-22-26(18(17)27)14-15-4-6-20-7-5-15/h4-7,13,21H,2,8-9,11-12,14H2,1H3. The fraction of sp³-hybridized carbons (Fsp3) is 0.368. The third-order valence-corrected chi connectivity index (χ3v) is 4.49. The third-order valence-electron chi connectivity index (χ3n) is 4.49. The van der Waals surface area contributed by atoms with Gasteiger partial charge in [-0.1, -0.05) is 12.8 Å². The Morgan fingerprint density at radius 1 is 1.22 bits per heavy atom. The third kappa shape index (κ3) is 3.41. The molecule has 0 bridgehead atoms. The molecule has 1 fully saturated rings. The van der Waals surface area contributed by atoms with Crippen LogP contribution in [0.2, 0.25) is 0 Å². The van der Waals surface area contributed by atoms with Crippen LogP contribution in [0.25, 0.3) is 11.0 Å². The zero-order valence-electron chi connectivity index (χ0n) is 15.2. The van der Waals surface area contributed by atoms with Crippen molar-refractivity contribution in [1.29, 1.82) is 0 Å². The van der Waals surface area contributed by atoms with Crippen LogP contribution in [0, 0.1) is 12.0 Å². The van der Waals surface area contributed by atoms with Crippen molar-refractivity contribution < 1.29 is 0 Å². The molecule has 0 aliphatic carbocycles. The van der Waals surface area contributed by atoms with Crippen LogP contribution in [0.5, 0.6) is 0 Å². The lowest BCUT2D eigenvalue weighted by Crippen LogP contribution is -2.44. The molecule has 8 nitrogen and oxygen atoms in total. The normalized spacial score (nSPS) is 14.2. The highest BCUT2D eigenvalue weighted by atomic mass is 16.1. The van der Waals surface area contributed by atoms with Crippen LogP contribution in [-0.2, 0) is 6.54 Å². The Labute approximate surface area is 156 Å². The summed E-state index contributed by atoms with van der Waals surface area (Å²) < 4.78 is 3.18. The first kappa shape index (κ1) is 17.2. The summed E-state index contributed by atoms with van der Waals surface area (Å²) in [5, 5.41) is 7.64. The number of aromatic nitrogens is 5. The predicted molar refractivity (Wildman–Crippen MR) is 104 cm³/mol. The average molecular weight is 363 g/mol. The van der Waals surface area contributed by atoms with Gasteiger partial charge in [0.1, 0.15) is 5.52 Å². The molecule has 0 radical (unpaired) electrons. The highest BCUT2D eigenvalue weighted by molar-refractivity contribution is 5.78. The summed E-state index contributed by atoms with van der Waals surface area (Å²) in [7, 11) is 0. The van der Waals surface area contributed by atoms with Crippen molar-refractivity contribution in [3.8, 4) is 12.0 Å². The number of imidazole rings is 1. The maximum Gasteiger partial charge on any atom is 0.294 e. The van der Waals surface area contributed by atoms with E-state index < -0.39 is 0 Å². The first-order valence-corrected chi connectivity index (χ1v) is 9.10. The number of anilines is 1. The first-order chi connectivity index (χ1) is 13.3. The molecule has 1 aliphatic rings. The molecule has 0 spiro atoms. The van der Waals surface area contributed by atoms with Crippen molar-refractivity contribution in [1.82, 2.24) is 29.6 Å². The molecular weight excluding hydrogens is 342 g/mol. The van der Waals surface area contributed by atoms with Crippen LogP contribution in [0.15, 0.2) is 35.5 Å². The fourth-order valence-corrected chi connectivity index (χ4v) is 3.13. The Bertz CT molecular complexity index is 1050. The van der Waals surface area contributed by atoms with Crippen LogP contribution >= 0.6 is 0 Å². The van der Waals surface area contributed by atoms with Gasteiger partial charge in [-0.3, -0.25) is 9.78 Å². The topological polar surface area (TPSA) is 80.9 Å². The number of pyridine rings is 1. The van der Waals surface area contributed by atoms with Gasteiger partial charge in [0.05, 0.1) is 12.7 Å². The Kier molecular flexibility index (Phi) is 4.85. The van der Waals surface area contributed by atoms with Gasteiger partial charge >= 0.3 is 0 Å². The summed E-state index contributed by atoms with van der Waals surface area (Å²) in [4.78, 5) is 24.0. The Balaban J connectivity index is 1.83. The molecule has 8 heteroatoms. The molecule has 138 valence electrons. The summed E-state index contributed by atoms with van der Waals surface area (Å²) in [6, 6.07) is 6.85. The Morgan fingerprint density at radius 3 is 2.74 bits per heavy atom. The van der Waals surface area contributed by atoms with Gasteiger partial charge < -0.3 is 10.2 Å². The molecule has 0 amide bonds. The molecule has 4 rings (SSSR count). The van der Waals surface area contributed by atoms with E-state index in [1.807, 2.05) is 19.1 Å². The lowest BCUT2D eigenvalue weighted by Gasteiger charge is -2.27. The molecule has 0 saturated carbocycles. The number of hydrogen-bond donors (Lipinski definition) is 1. The van der Waals surface area contributed by atoms with Gasteiger partial charge in [-0.05, 0) is 17.7 Å². The second kappa shape index (κ2) is 7.60. The SMILES string of the molecule is CCC#Cn1c(N2CCNCC2)nc2cnn(Cc3ccncc3)c(=O)c21. The van der Waals surface area contributed by atoms with E-state index in [1.54, 1.807) is 23.2 Å². The lowest BCUT2D eigenvalue weighted by atomic mass is 10.3. The summed E-state index contributed by atoms with van der Waals surface area (Å²) in [6.45, 7) is 5.79. The number of hydrogen-bond acceptors (Lipinski definition) is 6. The van der Waals surface area contributed by atoms with Gasteiger partial charge in [0, 0.05) is 51.0 Å². The Morgan fingerprint density at radius 2 is 2.00 bits per heavy atom. The minimum Gasteiger partial charge on any atom is -0.339 e. The molecule has 1 N–H and O–H groups in total. The van der Waals surface area contributed by atoms with Gasteiger partial charge in [0.2, 0.25) is 5.95 Å². The van der Waals surface area contributed by atoms with Crippen molar-refractivity contribution in [3.63, 3.8) is 0 Å². The van der Waals surface area contributed by atoms with Crippen LogP contribution < -0.4 is 15.8 Å². The average Bonchev–Trinajstić information content (AvgIpc) is 3.09. The number of nitrogens with one attached hydrogen (secondary N) is 1. The predicted octanol–water partition coefficient (Wildman–Crippen LogP) is 0.665. The molecule has 3 aromatic heterocycles. The number of piperazine rings is 1. The fourth-order valence-electron chi connectivity index (χ4n) is 3.13. The van der Waals surface area contributed by atoms with Crippen molar-refractivity contribution in [3.05, 3.63) is 46.6 Å². The van der Waals surface area contributed by atoms with Gasteiger partial charge in [0.15, 0.2) is 5.52 Å². The van der Waals surface area contributed by atoms with Crippen molar-refractivity contribution in [2.24, 2.45) is 0 Å². The number of nitrogens with zero attached hydrogens (tertiary/aromatic N) is 6. The highest BCUT2D eigenvalue weighted by Crippen LogP contribution is 2.19. The van der Waals surface area contributed by atoms with Gasteiger partial charge in [0.25, 0.3) is 5.56 Å². The summed E-state index contributed by atoms with van der Waals surface area (Å²) in [5.41, 5.74) is 1.83. The van der Waals surface area contributed by atoms with E-state index in [-0.39, 0.29) is 5.56 Å². The molecular formula is C19H21N7O. The molecule has 4 heterocycles. The van der Waals surface area contributed by atoms with E-state index in [9.17, 15) is 4.79 Å². The van der Waals surface area contributed by atoms with Crippen LogP contribution in [0.3, 0.4) is 0 Å².